The van der Waals surface area contributed by atoms with Crippen LogP contribution in [0, 0.1) is 0 Å². The molecule has 0 aromatic heterocycles. The van der Waals surface area contributed by atoms with Gasteiger partial charge in [-0.3, -0.25) is 4.72 Å². The number of hydrogen-bond donors (Lipinski definition) is 2. The maximum Gasteiger partial charge on any atom is 0.267 e. The molecule has 0 saturated heterocycles. The lowest BCUT2D eigenvalue weighted by Gasteiger charge is -2.14. The smallest absolute Gasteiger partial charge is 0.267 e. The largest absolute Gasteiger partial charge is 0.505 e. The highest BCUT2D eigenvalue weighted by Crippen LogP contribution is 2.42. The summed E-state index contributed by atoms with van der Waals surface area (Å²) in [4.78, 5) is -0.682. The molecule has 23 heavy (non-hydrogen) atoms. The van der Waals surface area contributed by atoms with Crippen molar-refractivity contribution in [2.24, 2.45) is 0 Å². The number of phenolic OH excluding ortho intramolecular Hbond substituents is 1. The molecule has 0 spiro atoms. The number of hydrogen-bond acceptors (Lipinski definition) is 3. The van der Waals surface area contributed by atoms with E-state index in [0.29, 0.717) is 0 Å². The number of benzene rings is 2. The van der Waals surface area contributed by atoms with Crippen molar-refractivity contribution >= 4 is 85.3 Å². The summed E-state index contributed by atoms with van der Waals surface area (Å²) in [6, 6.07) is 3.59. The third kappa shape index (κ3) is 3.87. The Balaban J connectivity index is 2.60. The van der Waals surface area contributed by atoms with E-state index in [-0.39, 0.29) is 30.8 Å². The second kappa shape index (κ2) is 6.92. The number of anilines is 1. The van der Waals surface area contributed by atoms with Crippen LogP contribution in [0.15, 0.2) is 23.1 Å². The molecule has 0 aliphatic rings. The molecule has 11 heteroatoms. The van der Waals surface area contributed by atoms with Gasteiger partial charge in [0.2, 0.25) is 0 Å². The van der Waals surface area contributed by atoms with Crippen LogP contribution in [-0.4, -0.2) is 13.5 Å². The van der Waals surface area contributed by atoms with Crippen LogP contribution in [0.5, 0.6) is 5.75 Å². The van der Waals surface area contributed by atoms with Crippen LogP contribution in [0.1, 0.15) is 0 Å². The summed E-state index contributed by atoms with van der Waals surface area (Å²) < 4.78 is 27.1. The number of rotatable bonds is 3. The highest BCUT2D eigenvalue weighted by Gasteiger charge is 2.27. The minimum absolute atomic E-state index is 0.00767. The predicted molar refractivity (Wildman–Crippen MR) is 95.4 cm³/mol. The van der Waals surface area contributed by atoms with E-state index >= 15 is 0 Å². The Morgan fingerprint density at radius 1 is 0.783 bits per heavy atom. The first-order valence-corrected chi connectivity index (χ1v) is 9.33. The quantitative estimate of drug-likeness (QED) is 0.548. The van der Waals surface area contributed by atoms with Gasteiger partial charge in [0.1, 0.15) is 0 Å². The molecule has 0 heterocycles. The maximum absolute atomic E-state index is 12.5. The van der Waals surface area contributed by atoms with Gasteiger partial charge in [0.05, 0.1) is 35.8 Å². The first-order valence-electron chi connectivity index (χ1n) is 5.58. The number of phenols is 1. The monoisotopic (exact) mass is 453 g/mol. The zero-order valence-electron chi connectivity index (χ0n) is 10.7. The number of halogens is 6. The normalized spacial score (nSPS) is 11.6. The van der Waals surface area contributed by atoms with Gasteiger partial charge < -0.3 is 5.11 Å². The van der Waals surface area contributed by atoms with Crippen molar-refractivity contribution < 1.29 is 13.5 Å². The van der Waals surface area contributed by atoms with Gasteiger partial charge in [0.15, 0.2) is 10.6 Å². The number of sulfonamides is 1. The molecule has 4 nitrogen and oxygen atoms in total. The Hall–Kier alpha value is -0.270. The molecule has 0 amide bonds. The molecular formula is C12H5Cl6NO3S. The van der Waals surface area contributed by atoms with Crippen molar-refractivity contribution in [3.63, 3.8) is 0 Å². The van der Waals surface area contributed by atoms with Gasteiger partial charge >= 0.3 is 0 Å². The van der Waals surface area contributed by atoms with Gasteiger partial charge in [-0.25, -0.2) is 8.42 Å². The molecule has 124 valence electrons. The highest BCUT2D eigenvalue weighted by atomic mass is 35.5. The highest BCUT2D eigenvalue weighted by molar-refractivity contribution is 7.93. The van der Waals surface area contributed by atoms with E-state index in [1.165, 1.54) is 12.1 Å². The van der Waals surface area contributed by atoms with Crippen LogP contribution in [-0.2, 0) is 10.0 Å². The van der Waals surface area contributed by atoms with Crippen LogP contribution in [0.3, 0.4) is 0 Å². The molecule has 0 atom stereocenters. The zero-order chi connectivity index (χ0) is 17.5. The molecule has 2 N–H and O–H groups in total. The molecule has 2 aromatic rings. The Morgan fingerprint density at radius 3 is 1.91 bits per heavy atom. The van der Waals surface area contributed by atoms with Crippen LogP contribution in [0.25, 0.3) is 0 Å². The SMILES string of the molecule is O=S(=O)(Nc1cc(Cl)c(Cl)cc1Cl)c1c(O)c(Cl)cc(Cl)c1Cl. The van der Waals surface area contributed by atoms with E-state index in [4.69, 9.17) is 69.6 Å². The van der Waals surface area contributed by atoms with E-state index in [1.807, 2.05) is 0 Å². The van der Waals surface area contributed by atoms with Gasteiger partial charge in [-0.05, 0) is 18.2 Å². The number of nitrogens with one attached hydrogen (secondary N) is 1. The second-order valence-corrected chi connectivity index (χ2v) is 8.22. The van der Waals surface area contributed by atoms with Crippen molar-refractivity contribution in [1.29, 1.82) is 0 Å². The second-order valence-electron chi connectivity index (χ2n) is 4.18. The van der Waals surface area contributed by atoms with Crippen LogP contribution in [0.2, 0.25) is 30.1 Å². The average Bonchev–Trinajstić information content (AvgIpc) is 2.42. The summed E-state index contributed by atoms with van der Waals surface area (Å²) in [6.07, 6.45) is 0. The van der Waals surface area contributed by atoms with Crippen molar-refractivity contribution in [2.45, 2.75) is 4.90 Å². The minimum Gasteiger partial charge on any atom is -0.505 e. The number of aromatic hydroxyl groups is 1. The van der Waals surface area contributed by atoms with E-state index in [9.17, 15) is 13.5 Å². The summed E-state index contributed by atoms with van der Waals surface area (Å²) >= 11 is 34.9. The Kier molecular flexibility index (Phi) is 5.74. The zero-order valence-corrected chi connectivity index (χ0v) is 16.0. The first-order chi connectivity index (χ1) is 10.5. The van der Waals surface area contributed by atoms with Crippen molar-refractivity contribution in [3.05, 3.63) is 48.3 Å². The predicted octanol–water partition coefficient (Wildman–Crippen LogP) is 6.11. The van der Waals surface area contributed by atoms with E-state index < -0.39 is 25.7 Å². The fourth-order valence-electron chi connectivity index (χ4n) is 1.61. The third-order valence-electron chi connectivity index (χ3n) is 2.63. The van der Waals surface area contributed by atoms with Crippen LogP contribution in [0.4, 0.5) is 5.69 Å². The maximum atomic E-state index is 12.5. The topological polar surface area (TPSA) is 66.4 Å². The van der Waals surface area contributed by atoms with Crippen LogP contribution >= 0.6 is 69.6 Å². The van der Waals surface area contributed by atoms with Crippen LogP contribution < -0.4 is 4.72 Å². The summed E-state index contributed by atoms with van der Waals surface area (Å²) in [6.45, 7) is 0. The molecule has 0 aliphatic heterocycles. The molecule has 0 fully saturated rings. The Labute approximate surface area is 161 Å². The lowest BCUT2D eigenvalue weighted by Crippen LogP contribution is -2.14. The Bertz CT molecular complexity index is 874. The molecule has 2 rings (SSSR count). The van der Waals surface area contributed by atoms with E-state index in [1.54, 1.807) is 0 Å². The molecule has 2 aromatic carbocycles. The fraction of sp³-hybridized carbons (Fsp3) is 0. The summed E-state index contributed by atoms with van der Waals surface area (Å²) in [5.41, 5.74) is -0.0624. The minimum atomic E-state index is -4.36. The molecule has 0 saturated carbocycles. The standard InChI is InChI=1S/C12H5Cl6NO3S/c13-4-1-6(15)9(3-5(4)14)19-23(21,22)12-10(18)7(16)2-8(17)11(12)20/h1-3,19-20H. The fourth-order valence-corrected chi connectivity index (χ4v) is 4.55. The van der Waals surface area contributed by atoms with E-state index in [2.05, 4.69) is 4.72 Å². The first kappa shape index (κ1) is 19.1. The average molecular weight is 456 g/mol. The van der Waals surface area contributed by atoms with Gasteiger partial charge in [-0.1, -0.05) is 69.6 Å². The van der Waals surface area contributed by atoms with Gasteiger partial charge in [0.25, 0.3) is 10.0 Å². The van der Waals surface area contributed by atoms with Gasteiger partial charge in [-0.15, -0.1) is 0 Å². The molecule has 0 bridgehead atoms. The van der Waals surface area contributed by atoms with E-state index in [0.717, 1.165) is 6.07 Å². The van der Waals surface area contributed by atoms with Gasteiger partial charge in [0, 0.05) is 0 Å². The lowest BCUT2D eigenvalue weighted by atomic mass is 10.3. The third-order valence-corrected chi connectivity index (χ3v) is 6.27. The van der Waals surface area contributed by atoms with Crippen molar-refractivity contribution in [3.8, 4) is 5.75 Å². The molecule has 0 aliphatic carbocycles. The summed E-state index contributed by atoms with van der Waals surface area (Å²) in [5.74, 6) is -0.746. The summed E-state index contributed by atoms with van der Waals surface area (Å²) in [7, 11) is -4.36. The molecular weight excluding hydrogens is 451 g/mol. The lowest BCUT2D eigenvalue weighted by molar-refractivity contribution is 0.459. The molecule has 0 radical (unpaired) electrons. The van der Waals surface area contributed by atoms with Gasteiger partial charge in [-0.2, -0.15) is 0 Å². The van der Waals surface area contributed by atoms with Crippen molar-refractivity contribution in [1.82, 2.24) is 0 Å². The summed E-state index contributed by atoms with van der Waals surface area (Å²) in [5, 5.41) is 9.31. The molecule has 0 unspecified atom stereocenters. The Morgan fingerprint density at radius 2 is 1.30 bits per heavy atom. The van der Waals surface area contributed by atoms with Crippen molar-refractivity contribution in [2.75, 3.05) is 4.72 Å².